The lowest BCUT2D eigenvalue weighted by molar-refractivity contribution is 0.208. The van der Waals surface area contributed by atoms with Crippen molar-refractivity contribution in [3.8, 4) is 0 Å². The summed E-state index contributed by atoms with van der Waals surface area (Å²) >= 11 is 0. The lowest BCUT2D eigenvalue weighted by Crippen LogP contribution is -2.50. The van der Waals surface area contributed by atoms with Crippen molar-refractivity contribution in [1.82, 2.24) is 14.9 Å². The normalized spacial score (nSPS) is 17.2. The van der Waals surface area contributed by atoms with Gasteiger partial charge in [-0.1, -0.05) is 0 Å². The molecule has 0 unspecified atom stereocenters. The van der Waals surface area contributed by atoms with E-state index in [2.05, 4.69) is 25.1 Å². The fraction of sp³-hybridized carbons (Fsp3) is 0.476. The van der Waals surface area contributed by atoms with Crippen LogP contribution in [0.2, 0.25) is 0 Å². The number of amides is 2. The molecule has 0 spiro atoms. The highest BCUT2D eigenvalue weighted by atomic mass is 19.1. The van der Waals surface area contributed by atoms with Crippen molar-refractivity contribution < 1.29 is 13.6 Å². The zero-order valence-corrected chi connectivity index (χ0v) is 17.1. The van der Waals surface area contributed by atoms with Crippen LogP contribution in [0.1, 0.15) is 25.1 Å². The topological polar surface area (TPSA) is 64.6 Å². The summed E-state index contributed by atoms with van der Waals surface area (Å²) in [4.78, 5) is 27.7. The van der Waals surface area contributed by atoms with Gasteiger partial charge in [-0.25, -0.2) is 23.5 Å². The first-order valence-electron chi connectivity index (χ1n) is 10.4. The van der Waals surface area contributed by atoms with E-state index in [0.29, 0.717) is 26.2 Å². The van der Waals surface area contributed by atoms with Gasteiger partial charge in [0.2, 0.25) is 0 Å². The molecule has 0 saturated carbocycles. The summed E-state index contributed by atoms with van der Waals surface area (Å²) in [5.74, 6) is 1.29. The molecular weight excluding hydrogens is 390 g/mol. The Morgan fingerprint density at radius 3 is 2.20 bits per heavy atom. The first-order chi connectivity index (χ1) is 14.5. The van der Waals surface area contributed by atoms with Crippen LogP contribution >= 0.6 is 0 Å². The number of rotatable bonds is 3. The van der Waals surface area contributed by atoms with Crippen LogP contribution in [-0.2, 0) is 0 Å². The first-order valence-corrected chi connectivity index (χ1v) is 10.4. The van der Waals surface area contributed by atoms with Crippen LogP contribution in [0.5, 0.6) is 0 Å². The monoisotopic (exact) mass is 416 g/mol. The Labute approximate surface area is 174 Å². The minimum Gasteiger partial charge on any atom is -0.356 e. The number of halogens is 2. The van der Waals surface area contributed by atoms with Crippen molar-refractivity contribution in [2.75, 3.05) is 54.4 Å². The summed E-state index contributed by atoms with van der Waals surface area (Å²) in [5, 5.41) is 2.46. The zero-order chi connectivity index (χ0) is 21.1. The maximum atomic E-state index is 13.8. The van der Waals surface area contributed by atoms with Gasteiger partial charge in [0, 0.05) is 51.4 Å². The molecule has 30 heavy (non-hydrogen) atoms. The number of urea groups is 1. The molecule has 0 atom stereocenters. The van der Waals surface area contributed by atoms with Crippen LogP contribution < -0.4 is 15.1 Å². The molecule has 0 aliphatic carbocycles. The number of aromatic nitrogens is 2. The number of anilines is 3. The van der Waals surface area contributed by atoms with Gasteiger partial charge in [-0.3, -0.25) is 0 Å². The molecule has 0 radical (unpaired) electrons. The molecule has 1 N–H and O–H groups in total. The van der Waals surface area contributed by atoms with E-state index in [9.17, 15) is 13.6 Å². The molecule has 2 amide bonds. The number of hydrogen-bond donors (Lipinski definition) is 1. The van der Waals surface area contributed by atoms with Crippen molar-refractivity contribution in [3.05, 3.63) is 41.7 Å². The van der Waals surface area contributed by atoms with E-state index >= 15 is 0 Å². The SMILES string of the molecule is Cc1nc(N2CCCCC2)cc(N2CCN(C(=O)Nc3cc(F)ccc3F)CC2)n1. The van der Waals surface area contributed by atoms with E-state index in [1.54, 1.807) is 4.90 Å². The summed E-state index contributed by atoms with van der Waals surface area (Å²) in [6.45, 7) is 6.06. The molecule has 4 rings (SSSR count). The minimum absolute atomic E-state index is 0.153. The van der Waals surface area contributed by atoms with Gasteiger partial charge in [-0.05, 0) is 38.3 Å². The van der Waals surface area contributed by atoms with Gasteiger partial charge in [0.1, 0.15) is 29.1 Å². The summed E-state index contributed by atoms with van der Waals surface area (Å²) in [6, 6.07) is 4.59. The Hall–Kier alpha value is -2.97. The maximum absolute atomic E-state index is 13.8. The van der Waals surface area contributed by atoms with Crippen LogP contribution in [0.15, 0.2) is 24.3 Å². The van der Waals surface area contributed by atoms with Crippen LogP contribution in [0.25, 0.3) is 0 Å². The molecule has 3 heterocycles. The number of nitrogens with one attached hydrogen (secondary N) is 1. The molecule has 7 nitrogen and oxygen atoms in total. The molecule has 1 aromatic carbocycles. The second kappa shape index (κ2) is 8.81. The second-order valence-corrected chi connectivity index (χ2v) is 7.71. The average Bonchev–Trinajstić information content (AvgIpc) is 2.76. The molecule has 2 aromatic rings. The quantitative estimate of drug-likeness (QED) is 0.831. The summed E-state index contributed by atoms with van der Waals surface area (Å²) < 4.78 is 27.1. The lowest BCUT2D eigenvalue weighted by Gasteiger charge is -2.36. The van der Waals surface area contributed by atoms with E-state index in [1.165, 1.54) is 19.3 Å². The third-order valence-corrected chi connectivity index (χ3v) is 5.55. The van der Waals surface area contributed by atoms with Gasteiger partial charge in [0.25, 0.3) is 0 Å². The van der Waals surface area contributed by atoms with E-state index < -0.39 is 17.7 Å². The Balaban J connectivity index is 1.39. The van der Waals surface area contributed by atoms with Gasteiger partial charge in [0.15, 0.2) is 0 Å². The number of nitrogens with zero attached hydrogens (tertiary/aromatic N) is 5. The largest absolute Gasteiger partial charge is 0.356 e. The number of aryl methyl sites for hydroxylation is 1. The van der Waals surface area contributed by atoms with Gasteiger partial charge >= 0.3 is 6.03 Å². The predicted molar refractivity (Wildman–Crippen MR) is 112 cm³/mol. The highest BCUT2D eigenvalue weighted by Crippen LogP contribution is 2.23. The minimum atomic E-state index is -0.662. The van der Waals surface area contributed by atoms with Gasteiger partial charge in [-0.2, -0.15) is 0 Å². The van der Waals surface area contributed by atoms with Crippen LogP contribution in [-0.4, -0.2) is 60.2 Å². The standard InChI is InChI=1S/C21H26F2N6O/c1-15-24-19(27-7-3-2-4-8-27)14-20(25-15)28-9-11-29(12-10-28)21(30)26-18-13-16(22)5-6-17(18)23/h5-6,13-14H,2-4,7-12H2,1H3,(H,26,30). The maximum Gasteiger partial charge on any atom is 0.322 e. The van der Waals surface area contributed by atoms with Crippen molar-refractivity contribution in [2.45, 2.75) is 26.2 Å². The number of piperidine rings is 1. The van der Waals surface area contributed by atoms with Crippen molar-refractivity contribution >= 4 is 23.4 Å². The van der Waals surface area contributed by atoms with Gasteiger partial charge in [-0.15, -0.1) is 0 Å². The number of benzene rings is 1. The average molecular weight is 416 g/mol. The molecule has 0 bridgehead atoms. The van der Waals surface area contributed by atoms with Gasteiger partial charge in [0.05, 0.1) is 5.69 Å². The molecule has 2 aliphatic rings. The predicted octanol–water partition coefficient (Wildman–Crippen LogP) is 3.41. The molecule has 160 valence electrons. The van der Waals surface area contributed by atoms with Crippen molar-refractivity contribution in [2.24, 2.45) is 0 Å². The van der Waals surface area contributed by atoms with Crippen LogP contribution in [0.3, 0.4) is 0 Å². The zero-order valence-electron chi connectivity index (χ0n) is 17.1. The Morgan fingerprint density at radius 1 is 0.900 bits per heavy atom. The first kappa shape index (κ1) is 20.3. The number of hydrogen-bond acceptors (Lipinski definition) is 5. The molecular formula is C21H26F2N6O. The molecule has 2 saturated heterocycles. The number of piperazine rings is 1. The second-order valence-electron chi connectivity index (χ2n) is 7.71. The van der Waals surface area contributed by atoms with Gasteiger partial charge < -0.3 is 20.0 Å². The van der Waals surface area contributed by atoms with Crippen LogP contribution in [0, 0.1) is 18.6 Å². The van der Waals surface area contributed by atoms with E-state index in [4.69, 9.17) is 0 Å². The van der Waals surface area contributed by atoms with Crippen LogP contribution in [0.4, 0.5) is 30.9 Å². The molecule has 2 fully saturated rings. The third kappa shape index (κ3) is 4.60. The van der Waals surface area contributed by atoms with E-state index in [1.807, 2.05) is 13.0 Å². The Morgan fingerprint density at radius 2 is 1.53 bits per heavy atom. The number of carbonyl (C=O) groups is 1. The highest BCUT2D eigenvalue weighted by Gasteiger charge is 2.24. The molecule has 9 heteroatoms. The van der Waals surface area contributed by atoms with E-state index in [0.717, 1.165) is 48.7 Å². The van der Waals surface area contributed by atoms with E-state index in [-0.39, 0.29) is 5.69 Å². The summed E-state index contributed by atoms with van der Waals surface area (Å²) in [7, 11) is 0. The summed E-state index contributed by atoms with van der Waals surface area (Å²) in [6.07, 6.45) is 3.62. The Kier molecular flexibility index (Phi) is 5.96. The third-order valence-electron chi connectivity index (χ3n) is 5.55. The highest BCUT2D eigenvalue weighted by molar-refractivity contribution is 5.89. The summed E-state index contributed by atoms with van der Waals surface area (Å²) in [5.41, 5.74) is -0.153. The van der Waals surface area contributed by atoms with Crippen molar-refractivity contribution in [3.63, 3.8) is 0 Å². The smallest absolute Gasteiger partial charge is 0.322 e. The molecule has 2 aliphatic heterocycles. The Bertz CT molecular complexity index is 910. The lowest BCUT2D eigenvalue weighted by atomic mass is 10.1. The molecule has 1 aromatic heterocycles. The fourth-order valence-corrected chi connectivity index (χ4v) is 3.91. The van der Waals surface area contributed by atoms with Crippen molar-refractivity contribution in [1.29, 1.82) is 0 Å². The fourth-order valence-electron chi connectivity index (χ4n) is 3.91. The number of carbonyl (C=O) groups excluding carboxylic acids is 1.